The lowest BCUT2D eigenvalue weighted by molar-refractivity contribution is -0.185. The highest BCUT2D eigenvalue weighted by Crippen LogP contribution is 2.70. The number of ketones is 2. The van der Waals surface area contributed by atoms with E-state index in [1.54, 1.807) is 0 Å². The van der Waals surface area contributed by atoms with E-state index in [1.807, 2.05) is 6.92 Å². The molecule has 4 fully saturated rings. The lowest BCUT2D eigenvalue weighted by Crippen LogP contribution is -2.61. The first-order valence-electron chi connectivity index (χ1n) is 9.16. The summed E-state index contributed by atoms with van der Waals surface area (Å²) in [6, 6.07) is 0. The second kappa shape index (κ2) is 4.59. The van der Waals surface area contributed by atoms with E-state index in [-0.39, 0.29) is 34.7 Å². The second-order valence-electron chi connectivity index (χ2n) is 9.19. The quantitative estimate of drug-likeness (QED) is 0.748. The third-order valence-corrected chi connectivity index (χ3v) is 8.17. The highest BCUT2D eigenvalue weighted by molar-refractivity contribution is 6.08. The van der Waals surface area contributed by atoms with Gasteiger partial charge in [0.15, 0.2) is 5.78 Å². The van der Waals surface area contributed by atoms with Gasteiger partial charge in [0.1, 0.15) is 5.78 Å². The van der Waals surface area contributed by atoms with Crippen LogP contribution in [-0.2, 0) is 14.4 Å². The van der Waals surface area contributed by atoms with Gasteiger partial charge in [-0.2, -0.15) is 0 Å². The average molecular weight is 330 g/mol. The molecule has 4 rings (SSSR count). The Bertz CT molecular complexity index is 679. The van der Waals surface area contributed by atoms with Gasteiger partial charge < -0.3 is 5.11 Å². The number of Topliss-reactive ketones (excluding diaryl/α,β-unsaturated/α-hetero) is 2. The minimum atomic E-state index is -0.787. The minimum absolute atomic E-state index is 0.0239. The molecule has 4 nitrogen and oxygen atoms in total. The van der Waals surface area contributed by atoms with E-state index in [9.17, 15) is 19.5 Å². The Morgan fingerprint density at radius 2 is 1.92 bits per heavy atom. The van der Waals surface area contributed by atoms with Crippen molar-refractivity contribution in [2.24, 2.45) is 34.0 Å². The molecule has 0 amide bonds. The van der Waals surface area contributed by atoms with E-state index in [1.165, 1.54) is 0 Å². The Morgan fingerprint density at radius 1 is 1.21 bits per heavy atom. The SMILES string of the molecule is C=C1C(=O)[C@@]23CC[C@H]4[C@@](C)(CCC[C@@]4(C)C(=O)O)[C@@H]2C(=O)C[C@H]1C3. The predicted molar refractivity (Wildman–Crippen MR) is 88.2 cm³/mol. The second-order valence-corrected chi connectivity index (χ2v) is 9.19. The van der Waals surface area contributed by atoms with Gasteiger partial charge in [-0.05, 0) is 61.9 Å². The van der Waals surface area contributed by atoms with Crippen molar-refractivity contribution in [3.05, 3.63) is 12.2 Å². The molecule has 0 aromatic rings. The molecular weight excluding hydrogens is 304 g/mol. The van der Waals surface area contributed by atoms with Crippen LogP contribution in [0.4, 0.5) is 0 Å². The molecule has 4 saturated carbocycles. The van der Waals surface area contributed by atoms with Crippen LogP contribution in [0.5, 0.6) is 0 Å². The van der Waals surface area contributed by atoms with Crippen molar-refractivity contribution in [3.63, 3.8) is 0 Å². The van der Waals surface area contributed by atoms with E-state index in [0.29, 0.717) is 24.8 Å². The number of hydrogen-bond acceptors (Lipinski definition) is 3. The first kappa shape index (κ1) is 16.0. The van der Waals surface area contributed by atoms with Crippen molar-refractivity contribution >= 4 is 17.5 Å². The number of allylic oxidation sites excluding steroid dienone is 1. The first-order valence-corrected chi connectivity index (χ1v) is 9.16. The third kappa shape index (κ3) is 1.62. The zero-order chi connectivity index (χ0) is 17.5. The van der Waals surface area contributed by atoms with E-state index >= 15 is 0 Å². The predicted octanol–water partition coefficient (Wildman–Crippen LogP) is 3.40. The molecule has 4 aliphatic rings. The molecule has 4 heteroatoms. The zero-order valence-electron chi connectivity index (χ0n) is 14.6. The molecule has 0 aliphatic heterocycles. The Hall–Kier alpha value is -1.45. The first-order chi connectivity index (χ1) is 11.2. The maximum Gasteiger partial charge on any atom is 0.309 e. The summed E-state index contributed by atoms with van der Waals surface area (Å²) >= 11 is 0. The number of rotatable bonds is 1. The molecule has 6 atom stereocenters. The normalized spacial score (nSPS) is 50.4. The summed E-state index contributed by atoms with van der Waals surface area (Å²) in [7, 11) is 0. The third-order valence-electron chi connectivity index (χ3n) is 8.17. The molecule has 0 saturated heterocycles. The maximum atomic E-state index is 13.1. The van der Waals surface area contributed by atoms with Crippen molar-refractivity contribution in [1.82, 2.24) is 0 Å². The lowest BCUT2D eigenvalue weighted by atomic mass is 9.40. The lowest BCUT2D eigenvalue weighted by Gasteiger charge is -2.61. The van der Waals surface area contributed by atoms with E-state index in [0.717, 1.165) is 25.7 Å². The van der Waals surface area contributed by atoms with Gasteiger partial charge in [-0.15, -0.1) is 0 Å². The minimum Gasteiger partial charge on any atom is -0.481 e. The van der Waals surface area contributed by atoms with E-state index in [4.69, 9.17) is 0 Å². The van der Waals surface area contributed by atoms with Crippen LogP contribution >= 0.6 is 0 Å². The molecule has 4 aliphatic carbocycles. The van der Waals surface area contributed by atoms with Crippen molar-refractivity contribution in [3.8, 4) is 0 Å². The summed E-state index contributed by atoms with van der Waals surface area (Å²) in [6.07, 6.45) is 4.89. The molecule has 130 valence electrons. The van der Waals surface area contributed by atoms with E-state index < -0.39 is 16.8 Å². The smallest absolute Gasteiger partial charge is 0.309 e. The number of carbonyl (C=O) groups excluding carboxylic acids is 2. The fourth-order valence-corrected chi connectivity index (χ4v) is 7.20. The van der Waals surface area contributed by atoms with Gasteiger partial charge in [0.25, 0.3) is 0 Å². The highest BCUT2D eigenvalue weighted by Gasteiger charge is 2.70. The zero-order valence-corrected chi connectivity index (χ0v) is 14.6. The van der Waals surface area contributed by atoms with Gasteiger partial charge in [-0.1, -0.05) is 19.9 Å². The Labute approximate surface area is 142 Å². The van der Waals surface area contributed by atoms with Crippen LogP contribution in [0.3, 0.4) is 0 Å². The summed E-state index contributed by atoms with van der Waals surface area (Å²) in [4.78, 5) is 38.1. The summed E-state index contributed by atoms with van der Waals surface area (Å²) in [6.45, 7) is 7.93. The number of hydrogen-bond donors (Lipinski definition) is 1. The Kier molecular flexibility index (Phi) is 3.06. The molecular formula is C20H26O4. The van der Waals surface area contributed by atoms with Gasteiger partial charge in [-0.25, -0.2) is 0 Å². The van der Waals surface area contributed by atoms with Crippen molar-refractivity contribution in [2.45, 2.75) is 58.8 Å². The molecule has 0 heterocycles. The molecule has 0 aromatic carbocycles. The molecule has 2 bridgehead atoms. The van der Waals surface area contributed by atoms with Crippen LogP contribution in [0.15, 0.2) is 12.2 Å². The van der Waals surface area contributed by atoms with Crippen molar-refractivity contribution in [2.75, 3.05) is 0 Å². The van der Waals surface area contributed by atoms with Crippen LogP contribution in [0.1, 0.15) is 58.8 Å². The number of fused-ring (bicyclic) bond motifs is 3. The fraction of sp³-hybridized carbons (Fsp3) is 0.750. The van der Waals surface area contributed by atoms with E-state index in [2.05, 4.69) is 13.5 Å². The fourth-order valence-electron chi connectivity index (χ4n) is 7.20. The highest BCUT2D eigenvalue weighted by atomic mass is 16.4. The Morgan fingerprint density at radius 3 is 2.58 bits per heavy atom. The molecule has 0 aromatic heterocycles. The van der Waals surface area contributed by atoms with Crippen LogP contribution in [-0.4, -0.2) is 22.6 Å². The summed E-state index contributed by atoms with van der Waals surface area (Å²) in [5, 5.41) is 9.87. The number of carbonyl (C=O) groups is 3. The van der Waals surface area contributed by atoms with Crippen molar-refractivity contribution in [1.29, 1.82) is 0 Å². The largest absolute Gasteiger partial charge is 0.481 e. The van der Waals surface area contributed by atoms with Gasteiger partial charge in [0.2, 0.25) is 0 Å². The van der Waals surface area contributed by atoms with Crippen LogP contribution < -0.4 is 0 Å². The molecule has 0 radical (unpaired) electrons. The van der Waals surface area contributed by atoms with Crippen LogP contribution in [0.2, 0.25) is 0 Å². The molecule has 1 spiro atoms. The summed E-state index contributed by atoms with van der Waals surface area (Å²) in [5.41, 5.74) is -1.11. The van der Waals surface area contributed by atoms with Crippen molar-refractivity contribution < 1.29 is 19.5 Å². The average Bonchev–Trinajstić information content (AvgIpc) is 2.68. The number of carboxylic acids is 1. The van der Waals surface area contributed by atoms with Gasteiger partial charge >= 0.3 is 5.97 Å². The number of aliphatic carboxylic acids is 1. The maximum absolute atomic E-state index is 13.1. The molecule has 1 N–H and O–H groups in total. The van der Waals surface area contributed by atoms with Crippen LogP contribution in [0.25, 0.3) is 0 Å². The number of carboxylic acid groups (broad SMARTS) is 1. The van der Waals surface area contributed by atoms with Gasteiger partial charge in [-0.3, -0.25) is 14.4 Å². The topological polar surface area (TPSA) is 71.4 Å². The Balaban J connectivity index is 1.85. The monoisotopic (exact) mass is 330 g/mol. The molecule has 24 heavy (non-hydrogen) atoms. The van der Waals surface area contributed by atoms with Crippen LogP contribution in [0, 0.1) is 34.0 Å². The summed E-state index contributed by atoms with van der Waals surface area (Å²) < 4.78 is 0. The van der Waals surface area contributed by atoms with Gasteiger partial charge in [0.05, 0.1) is 5.41 Å². The molecule has 0 unspecified atom stereocenters. The van der Waals surface area contributed by atoms with Gasteiger partial charge in [0, 0.05) is 17.8 Å². The standard InChI is InChI=1S/C20H26O4/c1-11-12-9-13(21)15-18(2)6-4-7-19(3,17(23)24)14(18)5-8-20(15,10-12)16(11)22/h12,14-15H,1,4-10H2,2-3H3,(H,23,24)/t12-,14-,15-,18+,19+,20+/m0/s1. The summed E-state index contributed by atoms with van der Waals surface area (Å²) in [5.74, 6) is -0.793.